The Kier molecular flexibility index (Phi) is 11.4. The standard InChI is InChI=1S/C30H44N2/c1-12-22(7)30(25(10)16-20(3)4)31-19-27-15-14-23(8)29(18-27)32-26(11)28(13-2)17-24(9)21(5)6/h12-15,17-18,20,22,30-31H,1,5,10,16,19H2,2-4,6-9,11H3/b24-17-,28-13+,32-26?/t22-,30-/m0/s1. The van der Waals surface area contributed by atoms with E-state index >= 15 is 0 Å². The van der Waals surface area contributed by atoms with Crippen molar-refractivity contribution < 1.29 is 0 Å². The van der Waals surface area contributed by atoms with Crippen LogP contribution in [0, 0.1) is 18.8 Å². The first-order valence-corrected chi connectivity index (χ1v) is 11.7. The lowest BCUT2D eigenvalue weighted by Crippen LogP contribution is -2.35. The number of nitrogens with one attached hydrogen (secondary N) is 1. The van der Waals surface area contributed by atoms with Crippen LogP contribution < -0.4 is 5.32 Å². The highest BCUT2D eigenvalue weighted by molar-refractivity contribution is 6.02. The molecule has 1 aromatic carbocycles. The van der Waals surface area contributed by atoms with Crippen molar-refractivity contribution in [3.8, 4) is 0 Å². The van der Waals surface area contributed by atoms with Crippen LogP contribution in [0.1, 0.15) is 66.0 Å². The average molecular weight is 433 g/mol. The number of benzene rings is 1. The molecular formula is C30H44N2. The van der Waals surface area contributed by atoms with Crippen LogP contribution in [-0.2, 0) is 6.54 Å². The highest BCUT2D eigenvalue weighted by Crippen LogP contribution is 2.24. The van der Waals surface area contributed by atoms with Crippen LogP contribution in [0.3, 0.4) is 0 Å². The van der Waals surface area contributed by atoms with Crippen LogP contribution in [0.25, 0.3) is 0 Å². The average Bonchev–Trinajstić information content (AvgIpc) is 2.72. The normalized spacial score (nSPS) is 15.0. The molecule has 2 nitrogen and oxygen atoms in total. The molecule has 0 unspecified atom stereocenters. The Hall–Kier alpha value is -2.45. The van der Waals surface area contributed by atoms with Gasteiger partial charge in [-0.25, -0.2) is 0 Å². The summed E-state index contributed by atoms with van der Waals surface area (Å²) in [6, 6.07) is 6.74. The van der Waals surface area contributed by atoms with Gasteiger partial charge in [0, 0.05) is 18.3 Å². The zero-order valence-electron chi connectivity index (χ0n) is 21.7. The largest absolute Gasteiger partial charge is 0.306 e. The molecule has 0 aromatic heterocycles. The Balaban J connectivity index is 3.12. The van der Waals surface area contributed by atoms with Crippen LogP contribution in [0.5, 0.6) is 0 Å². The van der Waals surface area contributed by atoms with E-state index in [2.05, 4.69) is 104 Å². The van der Waals surface area contributed by atoms with Gasteiger partial charge in [0.1, 0.15) is 0 Å². The molecule has 1 N–H and O–H groups in total. The van der Waals surface area contributed by atoms with Crippen LogP contribution in [0.2, 0.25) is 0 Å². The molecule has 0 bridgehead atoms. The van der Waals surface area contributed by atoms with Gasteiger partial charge in [0.25, 0.3) is 0 Å². The SMILES string of the molecule is C=C[C@H](C)[C@H](NCc1ccc(C)c(N=C(C)C(/C=C(/C)C(=C)C)=C/C)c1)C(=C)CC(C)C. The first-order valence-electron chi connectivity index (χ1n) is 11.7. The summed E-state index contributed by atoms with van der Waals surface area (Å²) in [6.45, 7) is 30.2. The monoisotopic (exact) mass is 432 g/mol. The van der Waals surface area contributed by atoms with Gasteiger partial charge in [0.05, 0.1) is 5.69 Å². The predicted octanol–water partition coefficient (Wildman–Crippen LogP) is 8.44. The van der Waals surface area contributed by atoms with Crippen molar-refractivity contribution in [3.05, 3.63) is 89.6 Å². The van der Waals surface area contributed by atoms with Crippen molar-refractivity contribution in [1.82, 2.24) is 5.32 Å². The fraction of sp³-hybridized carbons (Fsp3) is 0.433. The van der Waals surface area contributed by atoms with Gasteiger partial charge >= 0.3 is 0 Å². The third-order valence-corrected chi connectivity index (χ3v) is 5.87. The highest BCUT2D eigenvalue weighted by Gasteiger charge is 2.18. The molecule has 0 saturated heterocycles. The van der Waals surface area contributed by atoms with Crippen molar-refractivity contribution in [3.63, 3.8) is 0 Å². The zero-order chi connectivity index (χ0) is 24.4. The van der Waals surface area contributed by atoms with E-state index in [-0.39, 0.29) is 6.04 Å². The van der Waals surface area contributed by atoms with Gasteiger partial charge < -0.3 is 5.32 Å². The number of aliphatic imine (C=N–C) groups is 1. The Labute approximate surface area is 197 Å². The lowest BCUT2D eigenvalue weighted by molar-refractivity contribution is 0.452. The molecule has 0 aliphatic rings. The van der Waals surface area contributed by atoms with Gasteiger partial charge in [-0.1, -0.05) is 75.4 Å². The molecule has 2 atom stereocenters. The van der Waals surface area contributed by atoms with E-state index in [1.54, 1.807) is 0 Å². The molecule has 0 heterocycles. The fourth-order valence-electron chi connectivity index (χ4n) is 3.60. The number of aryl methyl sites for hydroxylation is 1. The second-order valence-electron chi connectivity index (χ2n) is 9.38. The molecular weight excluding hydrogens is 388 g/mol. The minimum atomic E-state index is 0.217. The van der Waals surface area contributed by atoms with Gasteiger partial charge in [0.15, 0.2) is 0 Å². The summed E-state index contributed by atoms with van der Waals surface area (Å²) in [5.41, 5.74) is 9.02. The Morgan fingerprint density at radius 2 is 1.78 bits per heavy atom. The molecule has 0 aliphatic carbocycles. The minimum Gasteiger partial charge on any atom is -0.306 e. The molecule has 32 heavy (non-hydrogen) atoms. The van der Waals surface area contributed by atoms with Crippen molar-refractivity contribution in [2.45, 2.75) is 74.4 Å². The Bertz CT molecular complexity index is 909. The summed E-state index contributed by atoms with van der Waals surface area (Å²) in [5, 5.41) is 3.71. The maximum atomic E-state index is 4.97. The molecule has 0 saturated carbocycles. The van der Waals surface area contributed by atoms with Crippen molar-refractivity contribution in [2.75, 3.05) is 0 Å². The van der Waals surface area contributed by atoms with Crippen LogP contribution >= 0.6 is 0 Å². The maximum absolute atomic E-state index is 4.97. The summed E-state index contributed by atoms with van der Waals surface area (Å²) in [7, 11) is 0. The summed E-state index contributed by atoms with van der Waals surface area (Å²) in [6.07, 6.45) is 7.29. The minimum absolute atomic E-state index is 0.217. The summed E-state index contributed by atoms with van der Waals surface area (Å²) in [5.74, 6) is 0.919. The number of nitrogens with zero attached hydrogens (tertiary/aromatic N) is 1. The number of hydrogen-bond acceptors (Lipinski definition) is 2. The Morgan fingerprint density at radius 3 is 2.31 bits per heavy atom. The molecule has 0 aliphatic heterocycles. The second-order valence-corrected chi connectivity index (χ2v) is 9.38. The van der Waals surface area contributed by atoms with E-state index in [0.29, 0.717) is 11.8 Å². The third-order valence-electron chi connectivity index (χ3n) is 5.87. The topological polar surface area (TPSA) is 24.4 Å². The number of allylic oxidation sites excluding steroid dienone is 5. The Morgan fingerprint density at radius 1 is 1.12 bits per heavy atom. The van der Waals surface area contributed by atoms with Crippen LogP contribution in [0.4, 0.5) is 5.69 Å². The van der Waals surface area contributed by atoms with Gasteiger partial charge in [-0.05, 0) is 81.2 Å². The lowest BCUT2D eigenvalue weighted by atomic mass is 9.90. The maximum Gasteiger partial charge on any atom is 0.0665 e. The summed E-state index contributed by atoms with van der Waals surface area (Å²) >= 11 is 0. The van der Waals surface area contributed by atoms with Crippen molar-refractivity contribution in [1.29, 1.82) is 0 Å². The lowest BCUT2D eigenvalue weighted by Gasteiger charge is -2.26. The van der Waals surface area contributed by atoms with Crippen molar-refractivity contribution in [2.24, 2.45) is 16.8 Å². The quantitative estimate of drug-likeness (QED) is 0.200. The van der Waals surface area contributed by atoms with E-state index in [9.17, 15) is 0 Å². The zero-order valence-corrected chi connectivity index (χ0v) is 21.7. The van der Waals surface area contributed by atoms with Gasteiger partial charge in [0.2, 0.25) is 0 Å². The first-order chi connectivity index (χ1) is 15.0. The molecule has 1 aromatic rings. The number of hydrogen-bond donors (Lipinski definition) is 1. The molecule has 2 heteroatoms. The summed E-state index contributed by atoms with van der Waals surface area (Å²) in [4.78, 5) is 4.97. The van der Waals surface area contributed by atoms with Crippen LogP contribution in [-0.4, -0.2) is 11.8 Å². The van der Waals surface area contributed by atoms with E-state index in [1.165, 1.54) is 22.3 Å². The van der Waals surface area contributed by atoms with Gasteiger partial charge in [-0.2, -0.15) is 0 Å². The molecule has 0 radical (unpaired) electrons. The predicted molar refractivity (Wildman–Crippen MR) is 145 cm³/mol. The van der Waals surface area contributed by atoms with E-state index in [4.69, 9.17) is 4.99 Å². The van der Waals surface area contributed by atoms with Gasteiger partial charge in [-0.15, -0.1) is 6.58 Å². The fourth-order valence-corrected chi connectivity index (χ4v) is 3.60. The molecule has 0 spiro atoms. The van der Waals surface area contributed by atoms with Crippen molar-refractivity contribution >= 4 is 11.4 Å². The molecule has 174 valence electrons. The number of rotatable bonds is 12. The highest BCUT2D eigenvalue weighted by atomic mass is 14.9. The van der Waals surface area contributed by atoms with E-state index in [0.717, 1.165) is 35.5 Å². The molecule has 0 fully saturated rings. The van der Waals surface area contributed by atoms with E-state index < -0.39 is 0 Å². The second kappa shape index (κ2) is 13.2. The molecule has 1 rings (SSSR count). The first kappa shape index (κ1) is 27.6. The summed E-state index contributed by atoms with van der Waals surface area (Å²) < 4.78 is 0. The van der Waals surface area contributed by atoms with E-state index in [1.807, 2.05) is 13.0 Å². The third kappa shape index (κ3) is 8.59. The molecule has 0 amide bonds. The smallest absolute Gasteiger partial charge is 0.0665 e. The van der Waals surface area contributed by atoms with Gasteiger partial charge in [-0.3, -0.25) is 4.99 Å². The van der Waals surface area contributed by atoms with Crippen LogP contribution in [0.15, 0.2) is 83.4 Å².